The molecule has 0 spiro atoms. The number of carbonyl (C=O) groups is 2. The van der Waals surface area contributed by atoms with Gasteiger partial charge in [0.2, 0.25) is 11.8 Å². The van der Waals surface area contributed by atoms with Crippen LogP contribution in [0.2, 0.25) is 0 Å². The Bertz CT molecular complexity index is 822. The highest BCUT2D eigenvalue weighted by atomic mass is 35.5. The number of rotatable bonds is 3. The minimum absolute atomic E-state index is 0. The van der Waals surface area contributed by atoms with E-state index in [4.69, 9.17) is 0 Å². The predicted octanol–water partition coefficient (Wildman–Crippen LogP) is 2.45. The maximum atomic E-state index is 12.6. The second kappa shape index (κ2) is 7.25. The molecule has 25 heavy (non-hydrogen) atoms. The van der Waals surface area contributed by atoms with Crippen LogP contribution < -0.4 is 16.0 Å². The topological polar surface area (TPSA) is 70.2 Å². The van der Waals surface area contributed by atoms with E-state index in [1.54, 1.807) is 0 Å². The smallest absolute Gasteiger partial charge is 0.228 e. The first-order valence-corrected chi connectivity index (χ1v) is 8.18. The van der Waals surface area contributed by atoms with Crippen molar-refractivity contribution in [1.82, 2.24) is 10.6 Å². The minimum Gasteiger partial charge on any atom is -0.351 e. The van der Waals surface area contributed by atoms with E-state index in [2.05, 4.69) is 28.1 Å². The molecule has 0 radical (unpaired) electrons. The van der Waals surface area contributed by atoms with Gasteiger partial charge in [0.15, 0.2) is 0 Å². The summed E-state index contributed by atoms with van der Waals surface area (Å²) in [5.41, 5.74) is 5.32. The molecule has 0 aliphatic carbocycles. The highest BCUT2D eigenvalue weighted by molar-refractivity contribution is 6.01. The van der Waals surface area contributed by atoms with Gasteiger partial charge in [-0.05, 0) is 28.3 Å². The average Bonchev–Trinajstić information content (AvgIpc) is 3.06. The van der Waals surface area contributed by atoms with E-state index in [0.29, 0.717) is 6.54 Å². The van der Waals surface area contributed by atoms with Crippen molar-refractivity contribution >= 4 is 29.9 Å². The number of fused-ring (bicyclic) bond motifs is 2. The fourth-order valence-electron chi connectivity index (χ4n) is 3.42. The van der Waals surface area contributed by atoms with Crippen LogP contribution in [0.25, 0.3) is 0 Å². The Morgan fingerprint density at radius 1 is 1.12 bits per heavy atom. The third kappa shape index (κ3) is 3.52. The highest BCUT2D eigenvalue weighted by Gasteiger charge is 2.30. The average molecular weight is 358 g/mol. The Balaban J connectivity index is 0.00000182. The zero-order valence-corrected chi connectivity index (χ0v) is 14.5. The lowest BCUT2D eigenvalue weighted by Gasteiger charge is -2.24. The number of nitrogens with one attached hydrogen (secondary N) is 3. The number of carbonyl (C=O) groups excluding carboxylic acids is 2. The molecule has 0 saturated carbocycles. The molecule has 130 valence electrons. The van der Waals surface area contributed by atoms with Gasteiger partial charge in [-0.2, -0.15) is 0 Å². The summed E-state index contributed by atoms with van der Waals surface area (Å²) in [6.45, 7) is 2.27. The maximum absolute atomic E-state index is 12.6. The van der Waals surface area contributed by atoms with Crippen LogP contribution in [0.15, 0.2) is 42.5 Å². The Morgan fingerprint density at radius 2 is 1.92 bits per heavy atom. The Labute approximate surface area is 152 Å². The second-order valence-corrected chi connectivity index (χ2v) is 6.32. The van der Waals surface area contributed by atoms with E-state index < -0.39 is 5.92 Å². The zero-order valence-electron chi connectivity index (χ0n) is 13.7. The standard InChI is InChI=1S/C19H19N3O2.ClH/c23-18-8-16(15-3-1-2-4-17(15)22-18)19(24)21-9-12-5-6-13-10-20-11-14(13)7-12;/h1-7,16,20H,8-11H2,(H,21,24)(H,22,23);1H. The molecule has 0 fully saturated rings. The van der Waals surface area contributed by atoms with E-state index in [-0.39, 0.29) is 30.6 Å². The molecular formula is C19H20ClN3O2. The first-order valence-electron chi connectivity index (χ1n) is 8.18. The van der Waals surface area contributed by atoms with Crippen LogP contribution >= 0.6 is 12.4 Å². The monoisotopic (exact) mass is 357 g/mol. The predicted molar refractivity (Wildman–Crippen MR) is 98.5 cm³/mol. The molecular weight excluding hydrogens is 338 g/mol. The van der Waals surface area contributed by atoms with Crippen molar-refractivity contribution in [2.45, 2.75) is 32.0 Å². The molecule has 2 aromatic carbocycles. The molecule has 6 heteroatoms. The molecule has 0 saturated heterocycles. The summed E-state index contributed by atoms with van der Waals surface area (Å²) in [7, 11) is 0. The molecule has 2 aromatic rings. The molecule has 3 N–H and O–H groups in total. The molecule has 4 rings (SSSR count). The number of para-hydroxylation sites is 1. The van der Waals surface area contributed by atoms with Crippen LogP contribution in [-0.4, -0.2) is 11.8 Å². The maximum Gasteiger partial charge on any atom is 0.228 e. The zero-order chi connectivity index (χ0) is 16.5. The molecule has 2 amide bonds. The molecule has 0 aromatic heterocycles. The summed E-state index contributed by atoms with van der Waals surface area (Å²) in [5.74, 6) is -0.639. The lowest BCUT2D eigenvalue weighted by Crippen LogP contribution is -2.34. The number of halogens is 1. The van der Waals surface area contributed by atoms with Crippen molar-refractivity contribution in [3.8, 4) is 0 Å². The van der Waals surface area contributed by atoms with Crippen LogP contribution in [-0.2, 0) is 29.2 Å². The van der Waals surface area contributed by atoms with Crippen LogP contribution in [0.1, 0.15) is 34.6 Å². The van der Waals surface area contributed by atoms with Crippen LogP contribution in [0, 0.1) is 0 Å². The summed E-state index contributed by atoms with van der Waals surface area (Å²) in [4.78, 5) is 24.5. The summed E-state index contributed by atoms with van der Waals surface area (Å²) in [6, 6.07) is 13.8. The van der Waals surface area contributed by atoms with Gasteiger partial charge < -0.3 is 16.0 Å². The number of benzene rings is 2. The summed E-state index contributed by atoms with van der Waals surface area (Å²) < 4.78 is 0. The van der Waals surface area contributed by atoms with Gasteiger partial charge in [0, 0.05) is 31.7 Å². The Hall–Kier alpha value is -2.37. The third-order valence-corrected chi connectivity index (χ3v) is 4.68. The Morgan fingerprint density at radius 3 is 2.80 bits per heavy atom. The summed E-state index contributed by atoms with van der Waals surface area (Å²) >= 11 is 0. The first kappa shape index (κ1) is 17.5. The molecule has 1 unspecified atom stereocenters. The van der Waals surface area contributed by atoms with Crippen LogP contribution in [0.3, 0.4) is 0 Å². The molecule has 2 aliphatic rings. The van der Waals surface area contributed by atoms with Gasteiger partial charge in [0.05, 0.1) is 5.92 Å². The molecule has 2 heterocycles. The Kier molecular flexibility index (Phi) is 5.06. The van der Waals surface area contributed by atoms with Crippen molar-refractivity contribution < 1.29 is 9.59 Å². The van der Waals surface area contributed by atoms with E-state index >= 15 is 0 Å². The summed E-state index contributed by atoms with van der Waals surface area (Å²) in [5, 5.41) is 9.12. The van der Waals surface area contributed by atoms with E-state index in [1.807, 2.05) is 30.3 Å². The van der Waals surface area contributed by atoms with E-state index in [9.17, 15) is 9.59 Å². The molecule has 0 bridgehead atoms. The van der Waals surface area contributed by atoms with Crippen LogP contribution in [0.5, 0.6) is 0 Å². The van der Waals surface area contributed by atoms with Crippen molar-refractivity contribution in [3.05, 3.63) is 64.7 Å². The SMILES string of the molecule is Cl.O=C1CC(C(=O)NCc2ccc3c(c2)CNC3)c2ccccc2N1. The normalized spacial score (nSPS) is 17.8. The molecule has 2 aliphatic heterocycles. The van der Waals surface area contributed by atoms with Crippen LogP contribution in [0.4, 0.5) is 5.69 Å². The van der Waals surface area contributed by atoms with Gasteiger partial charge in [-0.1, -0.05) is 36.4 Å². The van der Waals surface area contributed by atoms with Gasteiger partial charge in [-0.25, -0.2) is 0 Å². The van der Waals surface area contributed by atoms with E-state index in [1.165, 1.54) is 11.1 Å². The largest absolute Gasteiger partial charge is 0.351 e. The lowest BCUT2D eigenvalue weighted by atomic mass is 9.90. The van der Waals surface area contributed by atoms with Crippen molar-refractivity contribution in [1.29, 1.82) is 0 Å². The number of hydrogen-bond donors (Lipinski definition) is 3. The van der Waals surface area contributed by atoms with Crippen molar-refractivity contribution in [3.63, 3.8) is 0 Å². The number of amides is 2. The third-order valence-electron chi connectivity index (χ3n) is 4.68. The fraction of sp³-hybridized carbons (Fsp3) is 0.263. The van der Waals surface area contributed by atoms with Crippen molar-refractivity contribution in [2.75, 3.05) is 5.32 Å². The van der Waals surface area contributed by atoms with Gasteiger partial charge in [-0.15, -0.1) is 12.4 Å². The quantitative estimate of drug-likeness (QED) is 0.790. The minimum atomic E-state index is -0.425. The van der Waals surface area contributed by atoms with Gasteiger partial charge in [0.25, 0.3) is 0 Å². The van der Waals surface area contributed by atoms with Gasteiger partial charge in [0.1, 0.15) is 0 Å². The molecule has 5 nitrogen and oxygen atoms in total. The number of anilines is 1. The van der Waals surface area contributed by atoms with Gasteiger partial charge in [-0.3, -0.25) is 9.59 Å². The fourth-order valence-corrected chi connectivity index (χ4v) is 3.42. The molecule has 1 atom stereocenters. The van der Waals surface area contributed by atoms with Crippen molar-refractivity contribution in [2.24, 2.45) is 0 Å². The summed E-state index contributed by atoms with van der Waals surface area (Å²) in [6.07, 6.45) is 0.191. The van der Waals surface area contributed by atoms with E-state index in [0.717, 1.165) is 29.9 Å². The number of hydrogen-bond acceptors (Lipinski definition) is 3. The second-order valence-electron chi connectivity index (χ2n) is 6.32. The first-order chi connectivity index (χ1) is 11.7. The van der Waals surface area contributed by atoms with Gasteiger partial charge >= 0.3 is 0 Å². The lowest BCUT2D eigenvalue weighted by molar-refractivity contribution is -0.126. The highest BCUT2D eigenvalue weighted by Crippen LogP contribution is 2.32.